The number of nitrogens with one attached hydrogen (secondary N) is 1. The molecule has 0 fully saturated rings. The van der Waals surface area contributed by atoms with E-state index in [0.29, 0.717) is 22.7 Å². The monoisotopic (exact) mass is 323 g/mol. The zero-order valence-corrected chi connectivity index (χ0v) is 12.4. The van der Waals surface area contributed by atoms with Gasteiger partial charge in [-0.3, -0.25) is 4.72 Å². The minimum atomic E-state index is -3.77. The lowest BCUT2D eigenvalue weighted by molar-refractivity contribution is 0.561. The maximum absolute atomic E-state index is 12.3. The predicted octanol–water partition coefficient (Wildman–Crippen LogP) is 2.99. The largest absolute Gasteiger partial charge is 0.439 e. The molecule has 108 valence electrons. The standard InChI is InChI=1S/C13H10ClN3O3S/c1-8-16-10-3-2-4-11(13(10)20-8)17-21(18,19)9-5-6-12(14)15-7-9/h2-7,17H,1H3. The van der Waals surface area contributed by atoms with E-state index < -0.39 is 10.0 Å². The first-order valence-corrected chi connectivity index (χ1v) is 7.82. The minimum absolute atomic E-state index is 0.0140. The van der Waals surface area contributed by atoms with E-state index in [-0.39, 0.29) is 10.0 Å². The van der Waals surface area contributed by atoms with Crippen molar-refractivity contribution in [2.24, 2.45) is 0 Å². The molecule has 0 bridgehead atoms. The molecule has 3 rings (SSSR count). The molecule has 2 heterocycles. The Morgan fingerprint density at radius 3 is 2.76 bits per heavy atom. The molecule has 0 unspecified atom stereocenters. The third kappa shape index (κ3) is 2.70. The van der Waals surface area contributed by atoms with Crippen LogP contribution in [0.25, 0.3) is 11.1 Å². The fraction of sp³-hybridized carbons (Fsp3) is 0.0769. The number of anilines is 1. The zero-order valence-electron chi connectivity index (χ0n) is 10.9. The highest BCUT2D eigenvalue weighted by atomic mass is 35.5. The number of halogens is 1. The second-order valence-electron chi connectivity index (χ2n) is 4.31. The third-order valence-electron chi connectivity index (χ3n) is 2.78. The van der Waals surface area contributed by atoms with Crippen LogP contribution in [-0.4, -0.2) is 18.4 Å². The molecule has 21 heavy (non-hydrogen) atoms. The van der Waals surface area contributed by atoms with Gasteiger partial charge in [-0.25, -0.2) is 18.4 Å². The van der Waals surface area contributed by atoms with E-state index in [2.05, 4.69) is 14.7 Å². The van der Waals surface area contributed by atoms with Crippen molar-refractivity contribution in [3.8, 4) is 0 Å². The molecule has 0 saturated carbocycles. The van der Waals surface area contributed by atoms with Gasteiger partial charge in [0.05, 0.1) is 5.69 Å². The molecule has 0 aliphatic heterocycles. The van der Waals surface area contributed by atoms with Gasteiger partial charge in [-0.05, 0) is 24.3 Å². The van der Waals surface area contributed by atoms with Crippen LogP contribution in [0, 0.1) is 6.92 Å². The molecule has 0 amide bonds. The highest BCUT2D eigenvalue weighted by molar-refractivity contribution is 7.92. The van der Waals surface area contributed by atoms with Crippen molar-refractivity contribution in [2.45, 2.75) is 11.8 Å². The number of hydrogen-bond donors (Lipinski definition) is 1. The van der Waals surface area contributed by atoms with Crippen LogP contribution in [-0.2, 0) is 10.0 Å². The van der Waals surface area contributed by atoms with Crippen LogP contribution in [0.15, 0.2) is 45.8 Å². The molecule has 8 heteroatoms. The summed E-state index contributed by atoms with van der Waals surface area (Å²) in [6.45, 7) is 1.70. The Bertz CT molecular complexity index is 904. The highest BCUT2D eigenvalue weighted by Crippen LogP contribution is 2.26. The Morgan fingerprint density at radius 2 is 2.05 bits per heavy atom. The summed E-state index contributed by atoms with van der Waals surface area (Å²) in [5.41, 5.74) is 1.30. The molecular weight excluding hydrogens is 314 g/mol. The number of nitrogens with zero attached hydrogens (tertiary/aromatic N) is 2. The Morgan fingerprint density at radius 1 is 1.24 bits per heavy atom. The molecule has 1 aromatic carbocycles. The first kappa shape index (κ1) is 13.8. The summed E-state index contributed by atoms with van der Waals surface area (Å²) in [5, 5.41) is 0.224. The molecule has 0 radical (unpaired) electrons. The highest BCUT2D eigenvalue weighted by Gasteiger charge is 2.17. The number of hydrogen-bond acceptors (Lipinski definition) is 5. The molecule has 0 aliphatic rings. The fourth-order valence-corrected chi connectivity index (χ4v) is 2.98. The van der Waals surface area contributed by atoms with E-state index in [0.717, 1.165) is 0 Å². The SMILES string of the molecule is Cc1nc2cccc(NS(=O)(=O)c3ccc(Cl)nc3)c2o1. The molecule has 6 nitrogen and oxygen atoms in total. The smallest absolute Gasteiger partial charge is 0.263 e. The van der Waals surface area contributed by atoms with Gasteiger partial charge < -0.3 is 4.42 Å². The summed E-state index contributed by atoms with van der Waals surface area (Å²) in [5.74, 6) is 0.463. The van der Waals surface area contributed by atoms with Gasteiger partial charge in [-0.15, -0.1) is 0 Å². The Balaban J connectivity index is 2.03. The van der Waals surface area contributed by atoms with Gasteiger partial charge in [0, 0.05) is 13.1 Å². The third-order valence-corrected chi connectivity index (χ3v) is 4.35. The molecule has 0 aliphatic carbocycles. The van der Waals surface area contributed by atoms with E-state index in [4.69, 9.17) is 16.0 Å². The summed E-state index contributed by atoms with van der Waals surface area (Å²) in [7, 11) is -3.77. The van der Waals surface area contributed by atoms with E-state index >= 15 is 0 Å². The average Bonchev–Trinajstić information content (AvgIpc) is 2.80. The quantitative estimate of drug-likeness (QED) is 0.749. The second-order valence-corrected chi connectivity index (χ2v) is 6.38. The number of fused-ring (bicyclic) bond motifs is 1. The molecule has 0 saturated heterocycles. The van der Waals surface area contributed by atoms with Gasteiger partial charge in [-0.1, -0.05) is 17.7 Å². The number of sulfonamides is 1. The lowest BCUT2D eigenvalue weighted by atomic mass is 10.3. The molecule has 3 aromatic rings. The first-order valence-electron chi connectivity index (χ1n) is 5.96. The molecule has 2 aromatic heterocycles. The second kappa shape index (κ2) is 5.01. The number of rotatable bonds is 3. The van der Waals surface area contributed by atoms with E-state index in [9.17, 15) is 8.42 Å². The van der Waals surface area contributed by atoms with E-state index in [1.54, 1.807) is 25.1 Å². The normalized spacial score (nSPS) is 11.7. The van der Waals surface area contributed by atoms with Crippen molar-refractivity contribution in [1.82, 2.24) is 9.97 Å². The van der Waals surface area contributed by atoms with Crippen molar-refractivity contribution in [1.29, 1.82) is 0 Å². The average molecular weight is 324 g/mol. The summed E-state index contributed by atoms with van der Waals surface area (Å²) >= 11 is 5.65. The number of aryl methyl sites for hydroxylation is 1. The Labute approximate surface area is 125 Å². The number of benzene rings is 1. The maximum atomic E-state index is 12.3. The van der Waals surface area contributed by atoms with E-state index in [1.165, 1.54) is 18.3 Å². The van der Waals surface area contributed by atoms with Gasteiger partial charge in [0.15, 0.2) is 11.5 Å². The summed E-state index contributed by atoms with van der Waals surface area (Å²) in [6, 6.07) is 7.84. The van der Waals surface area contributed by atoms with Crippen LogP contribution >= 0.6 is 11.6 Å². The van der Waals surface area contributed by atoms with Crippen molar-refractivity contribution < 1.29 is 12.8 Å². The molecule has 1 N–H and O–H groups in total. The van der Waals surface area contributed by atoms with Crippen LogP contribution in [0.3, 0.4) is 0 Å². The van der Waals surface area contributed by atoms with Gasteiger partial charge in [-0.2, -0.15) is 0 Å². The van der Waals surface area contributed by atoms with Crippen LogP contribution in [0.1, 0.15) is 5.89 Å². The topological polar surface area (TPSA) is 85.1 Å². The van der Waals surface area contributed by atoms with Crippen LogP contribution in [0.2, 0.25) is 5.15 Å². The van der Waals surface area contributed by atoms with Crippen LogP contribution in [0.4, 0.5) is 5.69 Å². The Hall–Kier alpha value is -2.12. The lowest BCUT2D eigenvalue weighted by Crippen LogP contribution is -2.13. The van der Waals surface area contributed by atoms with Gasteiger partial charge in [0.1, 0.15) is 15.6 Å². The van der Waals surface area contributed by atoms with E-state index in [1.807, 2.05) is 0 Å². The lowest BCUT2D eigenvalue weighted by Gasteiger charge is -2.07. The summed E-state index contributed by atoms with van der Waals surface area (Å²) in [6.07, 6.45) is 1.19. The summed E-state index contributed by atoms with van der Waals surface area (Å²) < 4.78 is 32.5. The predicted molar refractivity (Wildman–Crippen MR) is 78.8 cm³/mol. The molecule has 0 spiro atoms. The first-order chi connectivity index (χ1) is 9.95. The summed E-state index contributed by atoms with van der Waals surface area (Å²) in [4.78, 5) is 7.93. The van der Waals surface area contributed by atoms with Crippen LogP contribution < -0.4 is 4.72 Å². The maximum Gasteiger partial charge on any atom is 0.263 e. The Kier molecular flexibility index (Phi) is 3.30. The fourth-order valence-electron chi connectivity index (χ4n) is 1.87. The number of oxazole rings is 1. The van der Waals surface area contributed by atoms with Crippen molar-refractivity contribution in [3.05, 3.63) is 47.6 Å². The number of para-hydroxylation sites is 1. The van der Waals surface area contributed by atoms with Crippen molar-refractivity contribution in [2.75, 3.05) is 4.72 Å². The van der Waals surface area contributed by atoms with Gasteiger partial charge in [0.2, 0.25) is 0 Å². The van der Waals surface area contributed by atoms with Gasteiger partial charge >= 0.3 is 0 Å². The van der Waals surface area contributed by atoms with Crippen molar-refractivity contribution in [3.63, 3.8) is 0 Å². The zero-order chi connectivity index (χ0) is 15.0. The van der Waals surface area contributed by atoms with Crippen molar-refractivity contribution >= 4 is 38.4 Å². The minimum Gasteiger partial charge on any atom is -0.439 e. The van der Waals surface area contributed by atoms with Crippen LogP contribution in [0.5, 0.6) is 0 Å². The number of aromatic nitrogens is 2. The molecule has 0 atom stereocenters. The van der Waals surface area contributed by atoms with Gasteiger partial charge in [0.25, 0.3) is 10.0 Å². The molecular formula is C13H10ClN3O3S. The number of pyridine rings is 1.